The van der Waals surface area contributed by atoms with Crippen LogP contribution in [0, 0.1) is 5.82 Å². The summed E-state index contributed by atoms with van der Waals surface area (Å²) in [5.74, 6) is -2.18. The molecule has 1 amide bonds. The van der Waals surface area contributed by atoms with Gasteiger partial charge in [-0.3, -0.25) is 4.79 Å². The number of benzene rings is 1. The van der Waals surface area contributed by atoms with E-state index < -0.39 is 48.1 Å². The summed E-state index contributed by atoms with van der Waals surface area (Å²) in [5, 5.41) is 7.18. The number of sulfone groups is 1. The van der Waals surface area contributed by atoms with Gasteiger partial charge in [-0.2, -0.15) is 0 Å². The fraction of sp³-hybridized carbons (Fsp3) is 0.364. The van der Waals surface area contributed by atoms with E-state index in [0.717, 1.165) is 24.5 Å². The van der Waals surface area contributed by atoms with E-state index in [9.17, 15) is 26.0 Å². The average molecular weight is 338 g/mol. The van der Waals surface area contributed by atoms with Crippen LogP contribution in [0.25, 0.3) is 0 Å². The first-order chi connectivity index (χ1) is 9.40. The van der Waals surface area contributed by atoms with Crippen molar-refractivity contribution in [3.05, 3.63) is 29.6 Å². The van der Waals surface area contributed by atoms with Gasteiger partial charge in [0.2, 0.25) is 10.0 Å². The fourth-order valence-corrected chi connectivity index (χ4v) is 3.18. The van der Waals surface area contributed by atoms with Gasteiger partial charge in [-0.15, -0.1) is 0 Å². The van der Waals surface area contributed by atoms with Crippen LogP contribution in [0.4, 0.5) is 4.39 Å². The summed E-state index contributed by atoms with van der Waals surface area (Å²) < 4.78 is 58.1. The van der Waals surface area contributed by atoms with E-state index in [2.05, 4.69) is 5.32 Å². The van der Waals surface area contributed by atoms with Gasteiger partial charge in [-0.05, 0) is 25.1 Å². The van der Waals surface area contributed by atoms with Gasteiger partial charge in [-0.25, -0.2) is 26.4 Å². The van der Waals surface area contributed by atoms with Crippen molar-refractivity contribution in [3.63, 3.8) is 0 Å². The molecule has 1 aromatic carbocycles. The molecule has 1 unspecified atom stereocenters. The van der Waals surface area contributed by atoms with E-state index in [-0.39, 0.29) is 5.75 Å². The average Bonchev–Trinajstić information content (AvgIpc) is 2.24. The molecule has 0 saturated heterocycles. The van der Waals surface area contributed by atoms with Gasteiger partial charge in [0, 0.05) is 12.3 Å². The molecular formula is C11H15FN2O5S2. The number of rotatable bonds is 5. The molecule has 21 heavy (non-hydrogen) atoms. The molecule has 0 saturated carbocycles. The second-order valence-electron chi connectivity index (χ2n) is 4.65. The Morgan fingerprint density at radius 3 is 2.38 bits per heavy atom. The lowest BCUT2D eigenvalue weighted by atomic mass is 10.2. The van der Waals surface area contributed by atoms with E-state index >= 15 is 0 Å². The van der Waals surface area contributed by atoms with Crippen LogP contribution in [0.2, 0.25) is 0 Å². The molecule has 0 heterocycles. The SMILES string of the molecule is CC(CS(C)(=O)=O)NC(=O)c1cc(S(N)(=O)=O)ccc1F. The summed E-state index contributed by atoms with van der Waals surface area (Å²) in [4.78, 5) is 11.4. The Morgan fingerprint density at radius 2 is 1.90 bits per heavy atom. The second-order valence-corrected chi connectivity index (χ2v) is 8.40. The Bertz CT molecular complexity index is 759. The zero-order valence-electron chi connectivity index (χ0n) is 11.3. The van der Waals surface area contributed by atoms with Gasteiger partial charge in [0.25, 0.3) is 5.91 Å². The lowest BCUT2D eigenvalue weighted by Gasteiger charge is -2.13. The van der Waals surface area contributed by atoms with Crippen LogP contribution >= 0.6 is 0 Å². The molecule has 7 nitrogen and oxygen atoms in total. The Hall–Kier alpha value is -1.52. The molecular weight excluding hydrogens is 323 g/mol. The number of nitrogens with two attached hydrogens (primary N) is 1. The molecule has 1 atom stereocenters. The van der Waals surface area contributed by atoms with Crippen LogP contribution in [0.3, 0.4) is 0 Å². The molecule has 118 valence electrons. The van der Waals surface area contributed by atoms with Crippen LogP contribution in [-0.2, 0) is 19.9 Å². The number of amides is 1. The number of carbonyl (C=O) groups excluding carboxylic acids is 1. The topological polar surface area (TPSA) is 123 Å². The van der Waals surface area contributed by atoms with Crippen LogP contribution in [0.1, 0.15) is 17.3 Å². The van der Waals surface area contributed by atoms with Gasteiger partial charge < -0.3 is 5.32 Å². The molecule has 3 N–H and O–H groups in total. The largest absolute Gasteiger partial charge is 0.348 e. The Balaban J connectivity index is 3.03. The van der Waals surface area contributed by atoms with Gasteiger partial charge in [0.1, 0.15) is 15.7 Å². The Kier molecular flexibility index (Phi) is 5.07. The van der Waals surface area contributed by atoms with Crippen LogP contribution in [0.5, 0.6) is 0 Å². The maximum atomic E-state index is 13.6. The van der Waals surface area contributed by atoms with E-state index in [1.54, 1.807) is 0 Å². The van der Waals surface area contributed by atoms with Gasteiger partial charge in [0.15, 0.2) is 0 Å². The third-order valence-corrected chi connectivity index (χ3v) is 4.46. The smallest absolute Gasteiger partial charge is 0.254 e. The van der Waals surface area contributed by atoms with Crippen molar-refractivity contribution in [1.29, 1.82) is 0 Å². The van der Waals surface area contributed by atoms with Crippen molar-refractivity contribution in [3.8, 4) is 0 Å². The number of sulfonamides is 1. The summed E-state index contributed by atoms with van der Waals surface area (Å²) in [7, 11) is -7.39. The van der Waals surface area contributed by atoms with Gasteiger partial charge >= 0.3 is 0 Å². The highest BCUT2D eigenvalue weighted by molar-refractivity contribution is 7.90. The van der Waals surface area contributed by atoms with Crippen LogP contribution in [-0.4, -0.2) is 40.8 Å². The van der Waals surface area contributed by atoms with Crippen molar-refractivity contribution in [2.24, 2.45) is 5.14 Å². The molecule has 0 fully saturated rings. The van der Waals surface area contributed by atoms with Gasteiger partial charge in [-0.1, -0.05) is 0 Å². The maximum absolute atomic E-state index is 13.6. The zero-order valence-corrected chi connectivity index (χ0v) is 13.0. The number of hydrogen-bond acceptors (Lipinski definition) is 5. The first-order valence-electron chi connectivity index (χ1n) is 5.71. The van der Waals surface area contributed by atoms with Crippen molar-refractivity contribution >= 4 is 25.8 Å². The predicted octanol–water partition coefficient (Wildman–Crippen LogP) is -0.364. The minimum atomic E-state index is -4.08. The van der Waals surface area contributed by atoms with Crippen molar-refractivity contribution in [1.82, 2.24) is 5.32 Å². The summed E-state index contributed by atoms with van der Waals surface area (Å²) >= 11 is 0. The van der Waals surface area contributed by atoms with Crippen molar-refractivity contribution in [2.75, 3.05) is 12.0 Å². The number of hydrogen-bond donors (Lipinski definition) is 2. The summed E-state index contributed by atoms with van der Waals surface area (Å²) in [6, 6.07) is 1.77. The first kappa shape index (κ1) is 17.5. The molecule has 0 aliphatic rings. The molecule has 10 heteroatoms. The van der Waals surface area contributed by atoms with Crippen molar-refractivity contribution in [2.45, 2.75) is 17.9 Å². The Labute approximate surface area is 122 Å². The molecule has 1 aromatic rings. The monoisotopic (exact) mass is 338 g/mol. The molecule has 0 bridgehead atoms. The second kappa shape index (κ2) is 6.08. The molecule has 0 aromatic heterocycles. The maximum Gasteiger partial charge on any atom is 0.254 e. The zero-order chi connectivity index (χ0) is 16.4. The normalized spacial score (nSPS) is 13.7. The number of halogens is 1. The highest BCUT2D eigenvalue weighted by atomic mass is 32.2. The predicted molar refractivity (Wildman–Crippen MR) is 74.4 cm³/mol. The fourth-order valence-electron chi connectivity index (χ4n) is 1.65. The molecule has 0 aliphatic carbocycles. The highest BCUT2D eigenvalue weighted by Crippen LogP contribution is 2.14. The van der Waals surface area contributed by atoms with E-state index in [1.165, 1.54) is 6.92 Å². The van der Waals surface area contributed by atoms with Crippen LogP contribution < -0.4 is 10.5 Å². The summed E-state index contributed by atoms with van der Waals surface area (Å²) in [6.45, 7) is 1.43. The molecule has 0 radical (unpaired) electrons. The first-order valence-corrected chi connectivity index (χ1v) is 9.32. The van der Waals surface area contributed by atoms with E-state index in [1.807, 2.05) is 0 Å². The highest BCUT2D eigenvalue weighted by Gasteiger charge is 2.19. The standard InChI is InChI=1S/C11H15FN2O5S2/c1-7(6-20(2,16)17)14-11(15)9-5-8(21(13,18)19)3-4-10(9)12/h3-5,7H,6H2,1-2H3,(H,14,15)(H2,13,18,19). The number of nitrogens with one attached hydrogen (secondary N) is 1. The lowest BCUT2D eigenvalue weighted by Crippen LogP contribution is -2.37. The van der Waals surface area contributed by atoms with Crippen LogP contribution in [0.15, 0.2) is 23.1 Å². The summed E-state index contributed by atoms with van der Waals surface area (Å²) in [5.41, 5.74) is -0.526. The molecule has 0 spiro atoms. The quantitative estimate of drug-likeness (QED) is 0.758. The van der Waals surface area contributed by atoms with Crippen molar-refractivity contribution < 1.29 is 26.0 Å². The van der Waals surface area contributed by atoms with E-state index in [0.29, 0.717) is 0 Å². The minimum Gasteiger partial charge on any atom is -0.348 e. The Morgan fingerprint density at radius 1 is 1.33 bits per heavy atom. The number of carbonyl (C=O) groups is 1. The third-order valence-electron chi connectivity index (χ3n) is 2.44. The summed E-state index contributed by atoms with van der Waals surface area (Å²) in [6.07, 6.45) is 0.998. The molecule has 0 aliphatic heterocycles. The van der Waals surface area contributed by atoms with E-state index in [4.69, 9.17) is 5.14 Å². The molecule has 1 rings (SSSR count). The minimum absolute atomic E-state index is 0.324. The lowest BCUT2D eigenvalue weighted by molar-refractivity contribution is 0.0939. The number of primary sulfonamides is 1. The third kappa shape index (κ3) is 5.40. The van der Waals surface area contributed by atoms with Gasteiger partial charge in [0.05, 0.1) is 16.2 Å².